The Morgan fingerprint density at radius 2 is 1.93 bits per heavy atom. The van der Waals surface area contributed by atoms with E-state index in [0.717, 1.165) is 36.8 Å². The highest BCUT2D eigenvalue weighted by molar-refractivity contribution is 7.17. The van der Waals surface area contributed by atoms with E-state index in [4.69, 9.17) is 11.6 Å². The Balaban J connectivity index is 1.45. The lowest BCUT2D eigenvalue weighted by Gasteiger charge is -2.12. The zero-order valence-electron chi connectivity index (χ0n) is 16.2. The van der Waals surface area contributed by atoms with Gasteiger partial charge >= 0.3 is 6.03 Å². The first-order valence-corrected chi connectivity index (χ1v) is 11.1. The van der Waals surface area contributed by atoms with Crippen LogP contribution in [0.25, 0.3) is 21.3 Å². The number of carbonyl (C=O) groups is 2. The van der Waals surface area contributed by atoms with Gasteiger partial charge in [-0.2, -0.15) is 0 Å². The van der Waals surface area contributed by atoms with E-state index in [9.17, 15) is 14.4 Å². The topological polar surface area (TPSA) is 93.1 Å². The van der Waals surface area contributed by atoms with Crippen molar-refractivity contribution in [3.63, 3.8) is 0 Å². The minimum Gasteiger partial charge on any atom is -0.335 e. The number of aryl methyl sites for hydroxylation is 1. The molecule has 1 fully saturated rings. The highest BCUT2D eigenvalue weighted by atomic mass is 35.5. The van der Waals surface area contributed by atoms with Crippen LogP contribution in [0.3, 0.4) is 0 Å². The first-order valence-electron chi connectivity index (χ1n) is 9.84. The SMILES string of the molecule is O=C(CCn1cnc2scc(-c3ccc(Cl)cc3)c2c1=O)NC(=O)NC1CCCC1. The molecule has 1 aromatic carbocycles. The lowest BCUT2D eigenvalue weighted by molar-refractivity contribution is -0.120. The van der Waals surface area contributed by atoms with E-state index in [-0.39, 0.29) is 24.6 Å². The lowest BCUT2D eigenvalue weighted by Crippen LogP contribution is -2.43. The molecule has 0 spiro atoms. The fourth-order valence-electron chi connectivity index (χ4n) is 3.67. The standard InChI is InChI=1S/C21H21ClN4O3S/c22-14-7-5-13(6-8-14)16-11-30-19-18(16)20(28)26(12-23-19)10-9-17(27)25-21(29)24-15-3-1-2-4-15/h5-8,11-12,15H,1-4,9-10H2,(H2,24,25,27,29). The van der Waals surface area contributed by atoms with Crippen LogP contribution in [0.4, 0.5) is 4.79 Å². The molecular weight excluding hydrogens is 424 g/mol. The number of carbonyl (C=O) groups excluding carboxylic acids is 2. The predicted octanol–water partition coefficient (Wildman–Crippen LogP) is 3.94. The lowest BCUT2D eigenvalue weighted by atomic mass is 10.1. The van der Waals surface area contributed by atoms with Gasteiger partial charge in [0.05, 0.1) is 11.7 Å². The van der Waals surface area contributed by atoms with Gasteiger partial charge in [-0.25, -0.2) is 9.78 Å². The van der Waals surface area contributed by atoms with Crippen molar-refractivity contribution < 1.29 is 9.59 Å². The fourth-order valence-corrected chi connectivity index (χ4v) is 4.70. The van der Waals surface area contributed by atoms with Gasteiger partial charge in [-0.1, -0.05) is 36.6 Å². The van der Waals surface area contributed by atoms with E-state index in [1.165, 1.54) is 22.2 Å². The number of urea groups is 1. The second-order valence-electron chi connectivity index (χ2n) is 7.33. The van der Waals surface area contributed by atoms with Crippen molar-refractivity contribution in [3.8, 4) is 11.1 Å². The van der Waals surface area contributed by atoms with Gasteiger partial charge in [-0.15, -0.1) is 11.3 Å². The molecule has 2 N–H and O–H groups in total. The van der Waals surface area contributed by atoms with Crippen molar-refractivity contribution in [2.45, 2.75) is 44.7 Å². The molecule has 156 valence electrons. The fraction of sp³-hybridized carbons (Fsp3) is 0.333. The molecule has 0 saturated heterocycles. The van der Waals surface area contributed by atoms with Gasteiger partial charge in [0.2, 0.25) is 5.91 Å². The Morgan fingerprint density at radius 1 is 1.20 bits per heavy atom. The number of halogens is 1. The number of nitrogens with one attached hydrogen (secondary N) is 2. The molecule has 0 bridgehead atoms. The van der Waals surface area contributed by atoms with E-state index >= 15 is 0 Å². The number of hydrogen-bond acceptors (Lipinski definition) is 5. The van der Waals surface area contributed by atoms with Crippen molar-refractivity contribution in [1.82, 2.24) is 20.2 Å². The van der Waals surface area contributed by atoms with Crippen LogP contribution in [0.15, 0.2) is 40.8 Å². The maximum atomic E-state index is 13.0. The quantitative estimate of drug-likeness (QED) is 0.623. The van der Waals surface area contributed by atoms with Crippen LogP contribution < -0.4 is 16.2 Å². The third-order valence-electron chi connectivity index (χ3n) is 5.24. The summed E-state index contributed by atoms with van der Waals surface area (Å²) in [6, 6.07) is 6.92. The molecule has 7 nitrogen and oxygen atoms in total. The zero-order valence-corrected chi connectivity index (χ0v) is 17.8. The van der Waals surface area contributed by atoms with Crippen molar-refractivity contribution in [1.29, 1.82) is 0 Å². The van der Waals surface area contributed by atoms with Gasteiger partial charge in [0.1, 0.15) is 4.83 Å². The summed E-state index contributed by atoms with van der Waals surface area (Å²) in [6.45, 7) is 0.139. The molecule has 0 aliphatic heterocycles. The van der Waals surface area contributed by atoms with Gasteiger partial charge in [-0.05, 0) is 30.5 Å². The van der Waals surface area contributed by atoms with Crippen LogP contribution in [0.2, 0.25) is 5.02 Å². The van der Waals surface area contributed by atoms with Gasteiger partial charge < -0.3 is 5.32 Å². The average Bonchev–Trinajstić information content (AvgIpc) is 3.38. The Morgan fingerprint density at radius 3 is 2.67 bits per heavy atom. The molecule has 9 heteroatoms. The average molecular weight is 445 g/mol. The summed E-state index contributed by atoms with van der Waals surface area (Å²) >= 11 is 7.35. The van der Waals surface area contributed by atoms with Crippen molar-refractivity contribution in [2.24, 2.45) is 0 Å². The number of amides is 3. The smallest absolute Gasteiger partial charge is 0.321 e. The number of aromatic nitrogens is 2. The summed E-state index contributed by atoms with van der Waals surface area (Å²) in [5, 5.41) is 8.18. The minimum atomic E-state index is -0.476. The second-order valence-corrected chi connectivity index (χ2v) is 8.63. The van der Waals surface area contributed by atoms with Crippen LogP contribution in [-0.4, -0.2) is 27.5 Å². The number of benzene rings is 1. The predicted molar refractivity (Wildman–Crippen MR) is 118 cm³/mol. The highest BCUT2D eigenvalue weighted by Gasteiger charge is 2.18. The first-order chi connectivity index (χ1) is 14.5. The summed E-state index contributed by atoms with van der Waals surface area (Å²) in [7, 11) is 0. The van der Waals surface area contributed by atoms with E-state index < -0.39 is 11.9 Å². The van der Waals surface area contributed by atoms with E-state index in [1.807, 2.05) is 17.5 Å². The van der Waals surface area contributed by atoms with Crippen LogP contribution >= 0.6 is 22.9 Å². The van der Waals surface area contributed by atoms with Crippen molar-refractivity contribution >= 4 is 45.1 Å². The Labute approximate surface area is 182 Å². The number of rotatable bonds is 5. The third-order valence-corrected chi connectivity index (χ3v) is 6.38. The van der Waals surface area contributed by atoms with Gasteiger partial charge in [-0.3, -0.25) is 19.5 Å². The molecule has 1 saturated carbocycles. The molecule has 0 unspecified atom stereocenters. The zero-order chi connectivity index (χ0) is 21.1. The molecule has 3 amide bonds. The Kier molecular flexibility index (Phi) is 6.15. The minimum absolute atomic E-state index is 0.00555. The number of thiophene rings is 1. The van der Waals surface area contributed by atoms with Gasteiger partial charge in [0, 0.05) is 35.0 Å². The monoisotopic (exact) mass is 444 g/mol. The molecule has 3 aromatic rings. The van der Waals surface area contributed by atoms with E-state index in [0.29, 0.717) is 15.2 Å². The maximum Gasteiger partial charge on any atom is 0.321 e. The van der Waals surface area contributed by atoms with Gasteiger partial charge in [0.15, 0.2) is 0 Å². The Hall–Kier alpha value is -2.71. The van der Waals surface area contributed by atoms with Crippen LogP contribution in [0, 0.1) is 0 Å². The van der Waals surface area contributed by atoms with Crippen molar-refractivity contribution in [2.75, 3.05) is 0 Å². The third kappa shape index (κ3) is 4.55. The van der Waals surface area contributed by atoms with Crippen molar-refractivity contribution in [3.05, 3.63) is 51.3 Å². The van der Waals surface area contributed by atoms with E-state index in [1.54, 1.807) is 12.1 Å². The largest absolute Gasteiger partial charge is 0.335 e. The molecule has 1 aliphatic carbocycles. The van der Waals surface area contributed by atoms with Crippen LogP contribution in [0.5, 0.6) is 0 Å². The normalized spacial score (nSPS) is 14.2. The first kappa shape index (κ1) is 20.6. The highest BCUT2D eigenvalue weighted by Crippen LogP contribution is 2.31. The van der Waals surface area contributed by atoms with Crippen LogP contribution in [0.1, 0.15) is 32.1 Å². The molecule has 4 rings (SSSR count). The maximum absolute atomic E-state index is 13.0. The Bertz CT molecular complexity index is 1130. The summed E-state index contributed by atoms with van der Waals surface area (Å²) in [5.74, 6) is -0.430. The number of fused-ring (bicyclic) bond motifs is 1. The number of hydrogen-bond donors (Lipinski definition) is 2. The second kappa shape index (κ2) is 8.97. The summed E-state index contributed by atoms with van der Waals surface area (Å²) in [6.07, 6.45) is 5.53. The number of nitrogens with zero attached hydrogens (tertiary/aromatic N) is 2. The molecular formula is C21H21ClN4O3S. The summed E-state index contributed by atoms with van der Waals surface area (Å²) in [4.78, 5) is 42.1. The molecule has 1 aliphatic rings. The van der Waals surface area contributed by atoms with E-state index in [2.05, 4.69) is 15.6 Å². The van der Waals surface area contributed by atoms with Crippen LogP contribution in [-0.2, 0) is 11.3 Å². The molecule has 0 radical (unpaired) electrons. The molecule has 2 aromatic heterocycles. The van der Waals surface area contributed by atoms with Gasteiger partial charge in [0.25, 0.3) is 5.56 Å². The molecule has 30 heavy (non-hydrogen) atoms. The summed E-state index contributed by atoms with van der Waals surface area (Å²) in [5.41, 5.74) is 1.46. The summed E-state index contributed by atoms with van der Waals surface area (Å²) < 4.78 is 1.41. The number of imide groups is 1. The molecule has 2 heterocycles. The molecule has 0 atom stereocenters.